The largest absolute Gasteiger partial charge is 0.436 e. The van der Waals surface area contributed by atoms with Crippen LogP contribution in [0.2, 0.25) is 5.02 Å². The van der Waals surface area contributed by atoms with E-state index < -0.39 is 10.8 Å². The normalized spacial score (nSPS) is 10.9. The van der Waals surface area contributed by atoms with Crippen molar-refractivity contribution in [3.05, 3.63) is 86.4 Å². The SMILES string of the molecule is Cc1cc2nc(-c3ccc(NC(=O)c4ccc(Cl)c([N+](=O)[O-])c4)cc3)oc2cc1C. The van der Waals surface area contributed by atoms with Crippen LogP contribution in [0, 0.1) is 24.0 Å². The minimum absolute atomic E-state index is 0.0235. The Bertz CT molecular complexity index is 1260. The van der Waals surface area contributed by atoms with Gasteiger partial charge in [0.05, 0.1) is 4.92 Å². The highest BCUT2D eigenvalue weighted by molar-refractivity contribution is 6.32. The molecular weight excluding hydrogens is 406 g/mol. The van der Waals surface area contributed by atoms with Gasteiger partial charge in [0.1, 0.15) is 10.5 Å². The third-order valence-electron chi connectivity index (χ3n) is 4.80. The van der Waals surface area contributed by atoms with Crippen molar-refractivity contribution in [2.45, 2.75) is 13.8 Å². The number of benzene rings is 3. The van der Waals surface area contributed by atoms with Crippen LogP contribution in [0.4, 0.5) is 11.4 Å². The molecule has 0 aliphatic heterocycles. The number of fused-ring (bicyclic) bond motifs is 1. The van der Waals surface area contributed by atoms with E-state index in [0.29, 0.717) is 11.6 Å². The number of nitrogens with zero attached hydrogens (tertiary/aromatic N) is 2. The van der Waals surface area contributed by atoms with Gasteiger partial charge in [0.15, 0.2) is 5.58 Å². The van der Waals surface area contributed by atoms with Crippen LogP contribution in [0.1, 0.15) is 21.5 Å². The fraction of sp³-hybridized carbons (Fsp3) is 0.0909. The summed E-state index contributed by atoms with van der Waals surface area (Å²) in [5, 5.41) is 13.7. The average Bonchev–Trinajstić information content (AvgIpc) is 3.11. The molecule has 1 N–H and O–H groups in total. The fourth-order valence-electron chi connectivity index (χ4n) is 3.00. The topological polar surface area (TPSA) is 98.3 Å². The van der Waals surface area contributed by atoms with Gasteiger partial charge in [-0.25, -0.2) is 4.98 Å². The first kappa shape index (κ1) is 19.6. The van der Waals surface area contributed by atoms with E-state index >= 15 is 0 Å². The highest BCUT2D eigenvalue weighted by Gasteiger charge is 2.16. The quantitative estimate of drug-likeness (QED) is 0.325. The van der Waals surface area contributed by atoms with E-state index in [1.54, 1.807) is 24.3 Å². The van der Waals surface area contributed by atoms with Gasteiger partial charge in [-0.1, -0.05) is 11.6 Å². The van der Waals surface area contributed by atoms with Crippen LogP contribution in [0.3, 0.4) is 0 Å². The molecular formula is C22H16ClN3O4. The van der Waals surface area contributed by atoms with E-state index in [-0.39, 0.29) is 16.3 Å². The number of amides is 1. The van der Waals surface area contributed by atoms with E-state index in [4.69, 9.17) is 16.0 Å². The summed E-state index contributed by atoms with van der Waals surface area (Å²) < 4.78 is 5.85. The summed E-state index contributed by atoms with van der Waals surface area (Å²) in [5.74, 6) is 0.0107. The Morgan fingerprint density at radius 2 is 1.77 bits per heavy atom. The van der Waals surface area contributed by atoms with Crippen molar-refractivity contribution in [2.24, 2.45) is 0 Å². The number of nitro benzene ring substituents is 1. The van der Waals surface area contributed by atoms with Crippen molar-refractivity contribution in [3.8, 4) is 11.5 Å². The third-order valence-corrected chi connectivity index (χ3v) is 5.12. The minimum Gasteiger partial charge on any atom is -0.436 e. The number of aromatic nitrogens is 1. The monoisotopic (exact) mass is 421 g/mol. The third kappa shape index (κ3) is 3.75. The lowest BCUT2D eigenvalue weighted by Gasteiger charge is -2.06. The number of nitro groups is 1. The number of carbonyl (C=O) groups is 1. The van der Waals surface area contributed by atoms with Crippen LogP contribution in [-0.4, -0.2) is 15.8 Å². The van der Waals surface area contributed by atoms with E-state index in [0.717, 1.165) is 33.9 Å². The molecule has 1 aromatic heterocycles. The number of rotatable bonds is 4. The molecule has 0 saturated heterocycles. The zero-order chi connectivity index (χ0) is 21.4. The Kier molecular flexibility index (Phi) is 4.97. The summed E-state index contributed by atoms with van der Waals surface area (Å²) in [7, 11) is 0. The Balaban J connectivity index is 1.55. The van der Waals surface area contributed by atoms with Gasteiger partial charge in [-0.15, -0.1) is 0 Å². The molecule has 4 rings (SSSR count). The summed E-state index contributed by atoms with van der Waals surface area (Å²) >= 11 is 5.79. The first-order valence-electron chi connectivity index (χ1n) is 9.05. The number of hydrogen-bond acceptors (Lipinski definition) is 5. The molecule has 4 aromatic rings. The van der Waals surface area contributed by atoms with E-state index in [1.165, 1.54) is 12.1 Å². The summed E-state index contributed by atoms with van der Waals surface area (Å²) in [6, 6.07) is 14.8. The number of nitrogens with one attached hydrogen (secondary N) is 1. The van der Waals surface area contributed by atoms with Crippen molar-refractivity contribution in [1.29, 1.82) is 0 Å². The zero-order valence-corrected chi connectivity index (χ0v) is 16.9. The first-order valence-corrected chi connectivity index (χ1v) is 9.43. The van der Waals surface area contributed by atoms with Crippen molar-refractivity contribution in [2.75, 3.05) is 5.32 Å². The van der Waals surface area contributed by atoms with Gasteiger partial charge in [-0.2, -0.15) is 0 Å². The van der Waals surface area contributed by atoms with E-state index in [1.807, 2.05) is 26.0 Å². The van der Waals surface area contributed by atoms with Gasteiger partial charge in [0, 0.05) is 22.9 Å². The molecule has 1 amide bonds. The minimum atomic E-state index is -0.628. The van der Waals surface area contributed by atoms with E-state index in [2.05, 4.69) is 10.3 Å². The molecule has 8 heteroatoms. The van der Waals surface area contributed by atoms with Gasteiger partial charge in [0.2, 0.25) is 5.89 Å². The molecule has 30 heavy (non-hydrogen) atoms. The van der Waals surface area contributed by atoms with Gasteiger partial charge in [-0.3, -0.25) is 14.9 Å². The molecule has 1 heterocycles. The Hall–Kier alpha value is -3.71. The highest BCUT2D eigenvalue weighted by atomic mass is 35.5. The van der Waals surface area contributed by atoms with Gasteiger partial charge in [-0.05, 0) is 73.5 Å². The predicted octanol–water partition coefficient (Wildman–Crippen LogP) is 5.93. The standard InChI is InChI=1S/C22H16ClN3O4/c1-12-9-18-20(10-13(12)2)30-22(25-18)14-3-6-16(7-4-14)24-21(27)15-5-8-17(23)19(11-15)26(28)29/h3-11H,1-2H3,(H,24,27). The summed E-state index contributed by atoms with van der Waals surface area (Å²) in [4.78, 5) is 27.3. The summed E-state index contributed by atoms with van der Waals surface area (Å²) in [6.45, 7) is 4.04. The lowest BCUT2D eigenvalue weighted by molar-refractivity contribution is -0.384. The lowest BCUT2D eigenvalue weighted by atomic mass is 10.1. The number of carbonyl (C=O) groups excluding carboxylic acids is 1. The fourth-order valence-corrected chi connectivity index (χ4v) is 3.18. The molecule has 0 atom stereocenters. The summed E-state index contributed by atoms with van der Waals surface area (Å²) in [5.41, 5.74) is 4.89. The second-order valence-electron chi connectivity index (χ2n) is 6.88. The van der Waals surface area contributed by atoms with Crippen LogP contribution in [-0.2, 0) is 0 Å². The maximum Gasteiger partial charge on any atom is 0.288 e. The Morgan fingerprint density at radius 1 is 1.07 bits per heavy atom. The Morgan fingerprint density at radius 3 is 2.47 bits per heavy atom. The van der Waals surface area contributed by atoms with Crippen LogP contribution in [0.25, 0.3) is 22.6 Å². The lowest BCUT2D eigenvalue weighted by Crippen LogP contribution is -2.12. The number of hydrogen-bond donors (Lipinski definition) is 1. The van der Waals surface area contributed by atoms with Crippen LogP contribution < -0.4 is 5.32 Å². The molecule has 3 aromatic carbocycles. The number of oxazole rings is 1. The molecule has 7 nitrogen and oxygen atoms in total. The van der Waals surface area contributed by atoms with Crippen LogP contribution in [0.15, 0.2) is 59.0 Å². The number of aryl methyl sites for hydroxylation is 2. The average molecular weight is 422 g/mol. The molecule has 0 aliphatic carbocycles. The maximum absolute atomic E-state index is 12.4. The van der Waals surface area contributed by atoms with Crippen LogP contribution in [0.5, 0.6) is 0 Å². The maximum atomic E-state index is 12.4. The van der Waals surface area contributed by atoms with Crippen molar-refractivity contribution < 1.29 is 14.1 Å². The summed E-state index contributed by atoms with van der Waals surface area (Å²) in [6.07, 6.45) is 0. The molecule has 0 fully saturated rings. The zero-order valence-electron chi connectivity index (χ0n) is 16.1. The molecule has 0 spiro atoms. The van der Waals surface area contributed by atoms with Crippen molar-refractivity contribution in [3.63, 3.8) is 0 Å². The van der Waals surface area contributed by atoms with E-state index in [9.17, 15) is 14.9 Å². The molecule has 0 radical (unpaired) electrons. The molecule has 0 aliphatic rings. The molecule has 0 saturated carbocycles. The van der Waals surface area contributed by atoms with Gasteiger partial charge in [0.25, 0.3) is 11.6 Å². The molecule has 150 valence electrons. The number of anilines is 1. The highest BCUT2D eigenvalue weighted by Crippen LogP contribution is 2.28. The smallest absolute Gasteiger partial charge is 0.288 e. The Labute approximate surface area is 176 Å². The van der Waals surface area contributed by atoms with Gasteiger partial charge >= 0.3 is 0 Å². The first-order chi connectivity index (χ1) is 14.3. The molecule has 0 unspecified atom stereocenters. The van der Waals surface area contributed by atoms with Gasteiger partial charge < -0.3 is 9.73 Å². The second-order valence-corrected chi connectivity index (χ2v) is 7.29. The second kappa shape index (κ2) is 7.61. The van der Waals surface area contributed by atoms with Crippen LogP contribution >= 0.6 is 11.6 Å². The predicted molar refractivity (Wildman–Crippen MR) is 115 cm³/mol. The van der Waals surface area contributed by atoms with Crippen molar-refractivity contribution >= 4 is 40.0 Å². The number of halogens is 1. The van der Waals surface area contributed by atoms with Crippen molar-refractivity contribution in [1.82, 2.24) is 4.98 Å². The molecule has 0 bridgehead atoms.